The maximum atomic E-state index is 13.1. The molecule has 0 fully saturated rings. The highest BCUT2D eigenvalue weighted by molar-refractivity contribution is 5.93. The molecule has 30 heavy (non-hydrogen) atoms. The maximum absolute atomic E-state index is 13.1. The molecule has 1 aromatic heterocycles. The molecule has 0 radical (unpaired) electrons. The molecule has 3 rings (SSSR count). The van der Waals surface area contributed by atoms with E-state index in [2.05, 4.69) is 11.7 Å². The van der Waals surface area contributed by atoms with Crippen molar-refractivity contribution in [2.45, 2.75) is 6.54 Å². The lowest BCUT2D eigenvalue weighted by Crippen LogP contribution is -2.30. The highest BCUT2D eigenvalue weighted by Crippen LogP contribution is 2.34. The van der Waals surface area contributed by atoms with E-state index >= 15 is 0 Å². The summed E-state index contributed by atoms with van der Waals surface area (Å²) < 4.78 is 21.3. The zero-order chi connectivity index (χ0) is 21.5. The lowest BCUT2D eigenvalue weighted by Gasteiger charge is -2.20. The van der Waals surface area contributed by atoms with E-state index in [1.165, 1.54) is 0 Å². The molecule has 0 saturated heterocycles. The second kappa shape index (κ2) is 9.65. The fraction of sp³-hybridized carbons (Fsp3) is 0.217. The quantitative estimate of drug-likeness (QED) is 0.494. The van der Waals surface area contributed by atoms with Gasteiger partial charge in [0.2, 0.25) is 0 Å². The summed E-state index contributed by atoms with van der Waals surface area (Å²) in [6.45, 7) is 4.52. The van der Waals surface area contributed by atoms with Crippen molar-refractivity contribution in [2.75, 3.05) is 27.9 Å². The molecule has 0 aliphatic carbocycles. The Balaban J connectivity index is 1.84. The molecule has 2 aromatic carbocycles. The van der Waals surface area contributed by atoms with Gasteiger partial charge in [0.25, 0.3) is 5.91 Å². The molecule has 1 amide bonds. The van der Waals surface area contributed by atoms with Gasteiger partial charge in [0, 0.05) is 19.2 Å². The number of aromatic nitrogens is 1. The second-order valence-corrected chi connectivity index (χ2v) is 6.47. The zero-order valence-corrected chi connectivity index (χ0v) is 17.3. The van der Waals surface area contributed by atoms with E-state index in [-0.39, 0.29) is 11.6 Å². The van der Waals surface area contributed by atoms with Crippen LogP contribution in [0.4, 0.5) is 0 Å². The van der Waals surface area contributed by atoms with Crippen LogP contribution in [0.15, 0.2) is 65.7 Å². The molecule has 7 heteroatoms. The molecule has 0 atom stereocenters. The number of rotatable bonds is 9. The van der Waals surface area contributed by atoms with E-state index in [4.69, 9.17) is 18.7 Å². The second-order valence-electron chi connectivity index (χ2n) is 6.47. The first-order chi connectivity index (χ1) is 14.6. The maximum Gasteiger partial charge on any atom is 0.276 e. The van der Waals surface area contributed by atoms with Crippen LogP contribution in [0.2, 0.25) is 0 Å². The van der Waals surface area contributed by atoms with E-state index in [1.807, 2.05) is 24.3 Å². The average molecular weight is 408 g/mol. The molecule has 7 nitrogen and oxygen atoms in total. The summed E-state index contributed by atoms with van der Waals surface area (Å²) in [5.41, 5.74) is 1.81. The minimum absolute atomic E-state index is 0.199. The van der Waals surface area contributed by atoms with Crippen molar-refractivity contribution >= 4 is 5.91 Å². The van der Waals surface area contributed by atoms with Crippen LogP contribution in [0.3, 0.4) is 0 Å². The first-order valence-corrected chi connectivity index (χ1v) is 9.31. The third-order valence-electron chi connectivity index (χ3n) is 4.57. The number of benzene rings is 2. The third-order valence-corrected chi connectivity index (χ3v) is 4.57. The lowest BCUT2D eigenvalue weighted by atomic mass is 10.1. The Morgan fingerprint density at radius 3 is 2.37 bits per heavy atom. The number of carbonyl (C=O) groups excluding carboxylic acids is 1. The number of methoxy groups -OCH3 is 3. The minimum atomic E-state index is -0.261. The van der Waals surface area contributed by atoms with Gasteiger partial charge in [-0.2, -0.15) is 0 Å². The fourth-order valence-corrected chi connectivity index (χ4v) is 3.00. The average Bonchev–Trinajstić information content (AvgIpc) is 3.28. The van der Waals surface area contributed by atoms with Gasteiger partial charge in [-0.05, 0) is 35.9 Å². The molecule has 156 valence electrons. The van der Waals surface area contributed by atoms with E-state index < -0.39 is 0 Å². The van der Waals surface area contributed by atoms with Gasteiger partial charge >= 0.3 is 0 Å². The van der Waals surface area contributed by atoms with Gasteiger partial charge in [0.15, 0.2) is 11.5 Å². The summed E-state index contributed by atoms with van der Waals surface area (Å²) in [6, 6.07) is 14.5. The molecule has 0 bridgehead atoms. The van der Waals surface area contributed by atoms with Crippen molar-refractivity contribution in [1.29, 1.82) is 0 Å². The predicted octanol–water partition coefficient (Wildman–Crippen LogP) is 4.20. The summed E-state index contributed by atoms with van der Waals surface area (Å²) in [4.78, 5) is 14.7. The number of hydrogen-bond acceptors (Lipinski definition) is 6. The van der Waals surface area contributed by atoms with Crippen molar-refractivity contribution in [2.24, 2.45) is 0 Å². The summed E-state index contributed by atoms with van der Waals surface area (Å²) in [7, 11) is 4.75. The number of ether oxygens (including phenoxy) is 3. The van der Waals surface area contributed by atoms with E-state index in [9.17, 15) is 4.79 Å². The largest absolute Gasteiger partial charge is 0.497 e. The van der Waals surface area contributed by atoms with Crippen LogP contribution in [-0.2, 0) is 6.54 Å². The number of carbonyl (C=O) groups is 1. The third kappa shape index (κ3) is 4.63. The summed E-state index contributed by atoms with van der Waals surface area (Å²) >= 11 is 0. The van der Waals surface area contributed by atoms with Crippen molar-refractivity contribution in [3.63, 3.8) is 0 Å². The lowest BCUT2D eigenvalue weighted by molar-refractivity contribution is 0.0752. The standard InChI is InChI=1S/C23H24N2O5/c1-5-12-25(15-16-6-8-17(27-2)9-7-16)23(26)20-14-22(30-24-20)19-13-18(28-3)10-11-21(19)29-4/h5-11,13-14H,1,12,15H2,2-4H3. The summed E-state index contributed by atoms with van der Waals surface area (Å²) in [6.07, 6.45) is 1.67. The van der Waals surface area contributed by atoms with Gasteiger partial charge in [-0.25, -0.2) is 0 Å². The predicted molar refractivity (Wildman–Crippen MR) is 113 cm³/mol. The smallest absolute Gasteiger partial charge is 0.276 e. The molecule has 0 N–H and O–H groups in total. The topological polar surface area (TPSA) is 74.0 Å². The number of nitrogens with zero attached hydrogens (tertiary/aromatic N) is 2. The Kier molecular flexibility index (Phi) is 6.75. The van der Waals surface area contributed by atoms with Crippen LogP contribution in [-0.4, -0.2) is 43.8 Å². The van der Waals surface area contributed by atoms with Gasteiger partial charge in [-0.15, -0.1) is 6.58 Å². The van der Waals surface area contributed by atoms with Crippen LogP contribution in [0.25, 0.3) is 11.3 Å². The van der Waals surface area contributed by atoms with Crippen LogP contribution in [0, 0.1) is 0 Å². The molecule has 3 aromatic rings. The van der Waals surface area contributed by atoms with Crippen LogP contribution in [0.5, 0.6) is 17.2 Å². The van der Waals surface area contributed by atoms with E-state index in [0.29, 0.717) is 35.9 Å². The molecule has 1 heterocycles. The van der Waals surface area contributed by atoms with Crippen molar-refractivity contribution < 1.29 is 23.5 Å². The van der Waals surface area contributed by atoms with E-state index in [0.717, 1.165) is 11.3 Å². The van der Waals surface area contributed by atoms with Gasteiger partial charge in [-0.3, -0.25) is 4.79 Å². The normalized spacial score (nSPS) is 10.4. The highest BCUT2D eigenvalue weighted by Gasteiger charge is 2.21. The summed E-state index contributed by atoms with van der Waals surface area (Å²) in [5, 5.41) is 3.98. The van der Waals surface area contributed by atoms with Gasteiger partial charge in [-0.1, -0.05) is 23.4 Å². The Morgan fingerprint density at radius 1 is 1.03 bits per heavy atom. The molecule has 0 unspecified atom stereocenters. The summed E-state index contributed by atoms with van der Waals surface area (Å²) in [5.74, 6) is 2.14. The molecule has 0 spiro atoms. The van der Waals surface area contributed by atoms with Gasteiger partial charge < -0.3 is 23.6 Å². The fourth-order valence-electron chi connectivity index (χ4n) is 3.00. The van der Waals surface area contributed by atoms with Crippen molar-refractivity contribution in [1.82, 2.24) is 10.1 Å². The van der Waals surface area contributed by atoms with Gasteiger partial charge in [0.1, 0.15) is 17.2 Å². The van der Waals surface area contributed by atoms with Crippen LogP contribution in [0.1, 0.15) is 16.1 Å². The molecular formula is C23H24N2O5. The zero-order valence-electron chi connectivity index (χ0n) is 17.3. The first kappa shape index (κ1) is 21.0. The Hall–Kier alpha value is -3.74. The minimum Gasteiger partial charge on any atom is -0.497 e. The molecule has 0 saturated carbocycles. The highest BCUT2D eigenvalue weighted by atomic mass is 16.5. The monoisotopic (exact) mass is 408 g/mol. The van der Waals surface area contributed by atoms with E-state index in [1.54, 1.807) is 56.6 Å². The van der Waals surface area contributed by atoms with Crippen molar-refractivity contribution in [3.05, 3.63) is 72.4 Å². The Labute approximate surface area is 175 Å². The molecule has 0 aliphatic heterocycles. The molecular weight excluding hydrogens is 384 g/mol. The number of amides is 1. The first-order valence-electron chi connectivity index (χ1n) is 9.31. The SMILES string of the molecule is C=CCN(Cc1ccc(OC)cc1)C(=O)c1cc(-c2cc(OC)ccc2OC)on1. The molecule has 0 aliphatic rings. The van der Waals surface area contributed by atoms with Crippen LogP contribution < -0.4 is 14.2 Å². The number of hydrogen-bond donors (Lipinski definition) is 0. The van der Waals surface area contributed by atoms with Crippen LogP contribution >= 0.6 is 0 Å². The van der Waals surface area contributed by atoms with Gasteiger partial charge in [0.05, 0.1) is 26.9 Å². The van der Waals surface area contributed by atoms with Crippen molar-refractivity contribution in [3.8, 4) is 28.6 Å². The Morgan fingerprint density at radius 2 is 1.73 bits per heavy atom. The Bertz CT molecular complexity index is 1010.